The normalized spacial score (nSPS) is 9.09. The third-order valence-electron chi connectivity index (χ3n) is 1.47. The number of halogens is 1. The standard InChI is InChI=1S/C8H7BrN2/c9-4-7-6(5-10)2-1-3-8(7)11/h1-3H,4,11H2. The Morgan fingerprint density at radius 1 is 1.55 bits per heavy atom. The van der Waals surface area contributed by atoms with Gasteiger partial charge in [0, 0.05) is 16.6 Å². The van der Waals surface area contributed by atoms with Crippen LogP contribution in [0.3, 0.4) is 0 Å². The van der Waals surface area contributed by atoms with E-state index in [0.717, 1.165) is 5.56 Å². The lowest BCUT2D eigenvalue weighted by atomic mass is 10.1. The molecule has 0 aliphatic carbocycles. The fourth-order valence-electron chi connectivity index (χ4n) is 0.859. The van der Waals surface area contributed by atoms with Gasteiger partial charge in [-0.3, -0.25) is 0 Å². The summed E-state index contributed by atoms with van der Waals surface area (Å²) in [6.45, 7) is 0. The quantitative estimate of drug-likeness (QED) is 0.570. The van der Waals surface area contributed by atoms with Gasteiger partial charge in [-0.2, -0.15) is 5.26 Å². The van der Waals surface area contributed by atoms with Crippen LogP contribution in [0.5, 0.6) is 0 Å². The van der Waals surface area contributed by atoms with Crippen molar-refractivity contribution in [3.05, 3.63) is 29.3 Å². The van der Waals surface area contributed by atoms with Gasteiger partial charge in [0.2, 0.25) is 0 Å². The number of hydrogen-bond donors (Lipinski definition) is 1. The van der Waals surface area contributed by atoms with Crippen molar-refractivity contribution in [3.63, 3.8) is 0 Å². The Hall–Kier alpha value is -1.01. The molecule has 0 bridgehead atoms. The summed E-state index contributed by atoms with van der Waals surface area (Å²) < 4.78 is 0. The van der Waals surface area contributed by atoms with Crippen molar-refractivity contribution in [2.45, 2.75) is 5.33 Å². The molecular formula is C8H7BrN2. The van der Waals surface area contributed by atoms with E-state index in [-0.39, 0.29) is 0 Å². The molecule has 0 fully saturated rings. The molecule has 0 saturated heterocycles. The third-order valence-corrected chi connectivity index (χ3v) is 2.03. The molecule has 2 nitrogen and oxygen atoms in total. The van der Waals surface area contributed by atoms with E-state index in [9.17, 15) is 0 Å². The maximum atomic E-state index is 8.65. The number of benzene rings is 1. The number of nitrogens with two attached hydrogens (primary N) is 1. The Morgan fingerprint density at radius 3 is 2.73 bits per heavy atom. The number of alkyl halides is 1. The lowest BCUT2D eigenvalue weighted by molar-refractivity contribution is 1.37. The molecule has 11 heavy (non-hydrogen) atoms. The highest BCUT2D eigenvalue weighted by atomic mass is 79.9. The van der Waals surface area contributed by atoms with E-state index in [4.69, 9.17) is 11.0 Å². The second-order valence-electron chi connectivity index (χ2n) is 2.12. The van der Waals surface area contributed by atoms with E-state index in [1.54, 1.807) is 18.2 Å². The largest absolute Gasteiger partial charge is 0.398 e. The van der Waals surface area contributed by atoms with Gasteiger partial charge in [-0.15, -0.1) is 0 Å². The molecule has 0 amide bonds. The highest BCUT2D eigenvalue weighted by Crippen LogP contribution is 2.18. The minimum absolute atomic E-state index is 0.628. The zero-order valence-electron chi connectivity index (χ0n) is 5.84. The van der Waals surface area contributed by atoms with E-state index in [0.29, 0.717) is 16.6 Å². The Morgan fingerprint density at radius 2 is 2.27 bits per heavy atom. The molecule has 0 aromatic heterocycles. The van der Waals surface area contributed by atoms with E-state index in [1.165, 1.54) is 0 Å². The summed E-state index contributed by atoms with van der Waals surface area (Å²) in [5.74, 6) is 0. The smallest absolute Gasteiger partial charge is 0.0995 e. The number of nitriles is 1. The second-order valence-corrected chi connectivity index (χ2v) is 2.68. The van der Waals surface area contributed by atoms with E-state index >= 15 is 0 Å². The van der Waals surface area contributed by atoms with Crippen LogP contribution in [0.1, 0.15) is 11.1 Å². The van der Waals surface area contributed by atoms with Crippen molar-refractivity contribution in [2.75, 3.05) is 5.73 Å². The van der Waals surface area contributed by atoms with Crippen LogP contribution >= 0.6 is 15.9 Å². The molecule has 1 rings (SSSR count). The van der Waals surface area contributed by atoms with Crippen LogP contribution in [-0.4, -0.2) is 0 Å². The maximum Gasteiger partial charge on any atom is 0.0995 e. The fraction of sp³-hybridized carbons (Fsp3) is 0.125. The second kappa shape index (κ2) is 3.40. The lowest BCUT2D eigenvalue weighted by Crippen LogP contribution is -1.94. The van der Waals surface area contributed by atoms with Crippen molar-refractivity contribution in [1.82, 2.24) is 0 Å². The summed E-state index contributed by atoms with van der Waals surface area (Å²) in [6, 6.07) is 7.40. The summed E-state index contributed by atoms with van der Waals surface area (Å²) in [6.07, 6.45) is 0. The molecule has 1 aromatic rings. The van der Waals surface area contributed by atoms with Crippen LogP contribution in [0.2, 0.25) is 0 Å². The Kier molecular flexibility index (Phi) is 2.50. The zero-order valence-corrected chi connectivity index (χ0v) is 7.43. The van der Waals surface area contributed by atoms with Gasteiger partial charge in [-0.1, -0.05) is 22.0 Å². The van der Waals surface area contributed by atoms with Gasteiger partial charge in [0.15, 0.2) is 0 Å². The van der Waals surface area contributed by atoms with Crippen molar-refractivity contribution in [1.29, 1.82) is 5.26 Å². The van der Waals surface area contributed by atoms with Crippen LogP contribution in [0.4, 0.5) is 5.69 Å². The van der Waals surface area contributed by atoms with Gasteiger partial charge in [-0.25, -0.2) is 0 Å². The molecule has 0 heterocycles. The molecule has 0 spiro atoms. The van der Waals surface area contributed by atoms with Gasteiger partial charge in [0.05, 0.1) is 11.6 Å². The average Bonchev–Trinajstić information content (AvgIpc) is 2.04. The molecule has 0 aliphatic heterocycles. The van der Waals surface area contributed by atoms with Crippen LogP contribution in [0.15, 0.2) is 18.2 Å². The first-order valence-electron chi connectivity index (χ1n) is 3.13. The Labute approximate surface area is 73.8 Å². The number of hydrogen-bond acceptors (Lipinski definition) is 2. The molecular weight excluding hydrogens is 204 g/mol. The molecule has 1 aromatic carbocycles. The number of rotatable bonds is 1. The third kappa shape index (κ3) is 1.52. The summed E-state index contributed by atoms with van der Waals surface area (Å²) in [4.78, 5) is 0. The zero-order chi connectivity index (χ0) is 8.27. The topological polar surface area (TPSA) is 49.8 Å². The van der Waals surface area contributed by atoms with Crippen LogP contribution in [0.25, 0.3) is 0 Å². The molecule has 56 valence electrons. The average molecular weight is 211 g/mol. The first kappa shape index (κ1) is 8.09. The number of nitrogens with zero attached hydrogens (tertiary/aromatic N) is 1. The molecule has 0 saturated carbocycles. The first-order chi connectivity index (χ1) is 5.29. The van der Waals surface area contributed by atoms with Crippen molar-refractivity contribution in [2.24, 2.45) is 0 Å². The van der Waals surface area contributed by atoms with Crippen molar-refractivity contribution in [3.8, 4) is 6.07 Å². The Balaban J connectivity index is 3.27. The maximum absolute atomic E-state index is 8.65. The van der Waals surface area contributed by atoms with Gasteiger partial charge in [0.25, 0.3) is 0 Å². The summed E-state index contributed by atoms with van der Waals surface area (Å²) in [7, 11) is 0. The SMILES string of the molecule is N#Cc1cccc(N)c1CBr. The molecule has 0 radical (unpaired) electrons. The molecule has 3 heteroatoms. The van der Waals surface area contributed by atoms with Crippen molar-refractivity contribution >= 4 is 21.6 Å². The van der Waals surface area contributed by atoms with E-state index in [1.807, 2.05) is 0 Å². The van der Waals surface area contributed by atoms with Crippen LogP contribution in [-0.2, 0) is 5.33 Å². The number of anilines is 1. The van der Waals surface area contributed by atoms with Gasteiger partial charge < -0.3 is 5.73 Å². The van der Waals surface area contributed by atoms with E-state index < -0.39 is 0 Å². The monoisotopic (exact) mass is 210 g/mol. The van der Waals surface area contributed by atoms with Crippen LogP contribution in [0, 0.1) is 11.3 Å². The van der Waals surface area contributed by atoms with E-state index in [2.05, 4.69) is 22.0 Å². The molecule has 0 atom stereocenters. The van der Waals surface area contributed by atoms with Crippen molar-refractivity contribution < 1.29 is 0 Å². The Bertz CT molecular complexity index is 301. The summed E-state index contributed by atoms with van der Waals surface area (Å²) >= 11 is 3.27. The number of nitrogen functional groups attached to an aromatic ring is 1. The minimum Gasteiger partial charge on any atom is -0.398 e. The predicted octanol–water partition coefficient (Wildman–Crippen LogP) is 2.04. The lowest BCUT2D eigenvalue weighted by Gasteiger charge is -2.01. The molecule has 0 aliphatic rings. The van der Waals surface area contributed by atoms with Gasteiger partial charge >= 0.3 is 0 Å². The highest BCUT2D eigenvalue weighted by Gasteiger charge is 2.02. The molecule has 0 unspecified atom stereocenters. The minimum atomic E-state index is 0.628. The fourth-order valence-corrected chi connectivity index (χ4v) is 1.48. The predicted molar refractivity (Wildman–Crippen MR) is 48.2 cm³/mol. The molecule has 2 N–H and O–H groups in total. The highest BCUT2D eigenvalue weighted by molar-refractivity contribution is 9.08. The van der Waals surface area contributed by atoms with Crippen LogP contribution < -0.4 is 5.73 Å². The summed E-state index contributed by atoms with van der Waals surface area (Å²) in [5, 5.41) is 9.28. The van der Waals surface area contributed by atoms with Gasteiger partial charge in [-0.05, 0) is 12.1 Å². The summed E-state index contributed by atoms with van der Waals surface area (Å²) in [5.41, 5.74) is 7.80. The van der Waals surface area contributed by atoms with Gasteiger partial charge in [0.1, 0.15) is 0 Å². The first-order valence-corrected chi connectivity index (χ1v) is 4.25.